The van der Waals surface area contributed by atoms with Crippen LogP contribution < -0.4 is 11.1 Å². The Morgan fingerprint density at radius 1 is 1.30 bits per heavy atom. The van der Waals surface area contributed by atoms with Gasteiger partial charge in [-0.25, -0.2) is 4.79 Å². The molecule has 2 rings (SSSR count). The lowest BCUT2D eigenvalue weighted by Crippen LogP contribution is -2.31. The lowest BCUT2D eigenvalue weighted by molar-refractivity contribution is 0.0698. The second-order valence-corrected chi connectivity index (χ2v) is 6.40. The molecule has 1 saturated carbocycles. The van der Waals surface area contributed by atoms with Gasteiger partial charge in [-0.3, -0.25) is 0 Å². The first-order valence-corrected chi connectivity index (χ1v) is 7.33. The summed E-state index contributed by atoms with van der Waals surface area (Å²) in [5, 5.41) is 13.0. The van der Waals surface area contributed by atoms with Crippen LogP contribution in [0.1, 0.15) is 43.5 Å². The van der Waals surface area contributed by atoms with Crippen molar-refractivity contribution in [1.29, 1.82) is 0 Å². The smallest absolute Gasteiger partial charge is 0.337 e. The van der Waals surface area contributed by atoms with Gasteiger partial charge in [0.1, 0.15) is 0 Å². The minimum absolute atomic E-state index is 0.140. The first kappa shape index (κ1) is 15.0. The third-order valence-electron chi connectivity index (χ3n) is 3.87. The fourth-order valence-electron chi connectivity index (χ4n) is 3.21. The number of hydrogen-bond donors (Lipinski definition) is 3. The third-order valence-corrected chi connectivity index (χ3v) is 4.17. The fourth-order valence-corrected chi connectivity index (χ4v) is 3.49. The van der Waals surface area contributed by atoms with E-state index >= 15 is 0 Å². The molecular weight excluding hydrogens is 276 g/mol. The molecule has 0 aromatic heterocycles. The molecule has 0 aliphatic heterocycles. The minimum atomic E-state index is -1.02. The number of nitrogens with one attached hydrogen (secondary N) is 1. The van der Waals surface area contributed by atoms with Crippen molar-refractivity contribution in [2.24, 2.45) is 11.8 Å². The standard InChI is InChI=1S/C15H21ClN2O2/c1-8-3-9(2)5-11(4-8)18-14-12(15(19)20)6-10(17)7-13(14)16/h6-9,11,18H,3-5,17H2,1-2H3,(H,19,20). The van der Waals surface area contributed by atoms with Crippen LogP contribution in [0.2, 0.25) is 5.02 Å². The minimum Gasteiger partial charge on any atom is -0.478 e. The van der Waals surface area contributed by atoms with Crippen LogP contribution >= 0.6 is 11.6 Å². The molecule has 0 bridgehead atoms. The van der Waals surface area contributed by atoms with Crippen LogP contribution in [0.25, 0.3) is 0 Å². The average molecular weight is 297 g/mol. The molecule has 2 unspecified atom stereocenters. The van der Waals surface area contributed by atoms with Gasteiger partial charge in [0.2, 0.25) is 0 Å². The van der Waals surface area contributed by atoms with E-state index in [4.69, 9.17) is 17.3 Å². The average Bonchev–Trinajstić information content (AvgIpc) is 2.30. The molecule has 1 aliphatic rings. The summed E-state index contributed by atoms with van der Waals surface area (Å²) in [5.74, 6) is 0.257. The Balaban J connectivity index is 2.26. The van der Waals surface area contributed by atoms with Crippen molar-refractivity contribution in [2.45, 2.75) is 39.2 Å². The SMILES string of the molecule is CC1CC(C)CC(Nc2c(Cl)cc(N)cc2C(=O)O)C1. The summed E-state index contributed by atoms with van der Waals surface area (Å²) >= 11 is 6.16. The van der Waals surface area contributed by atoms with Crippen LogP contribution in [0.5, 0.6) is 0 Å². The highest BCUT2D eigenvalue weighted by Gasteiger charge is 2.26. The Bertz CT molecular complexity index is 509. The summed E-state index contributed by atoms with van der Waals surface area (Å²) in [5.41, 5.74) is 6.66. The topological polar surface area (TPSA) is 75.3 Å². The van der Waals surface area contributed by atoms with Gasteiger partial charge in [0.05, 0.1) is 16.3 Å². The van der Waals surface area contributed by atoms with Gasteiger partial charge < -0.3 is 16.2 Å². The van der Waals surface area contributed by atoms with Crippen molar-refractivity contribution >= 4 is 28.9 Å². The van der Waals surface area contributed by atoms with E-state index in [1.807, 2.05) is 0 Å². The number of anilines is 2. The number of aromatic carboxylic acids is 1. The van der Waals surface area contributed by atoms with Gasteiger partial charge in [-0.1, -0.05) is 25.4 Å². The van der Waals surface area contributed by atoms with E-state index in [-0.39, 0.29) is 11.6 Å². The van der Waals surface area contributed by atoms with Gasteiger partial charge in [-0.2, -0.15) is 0 Å². The van der Waals surface area contributed by atoms with Crippen LogP contribution in [-0.2, 0) is 0 Å². The molecule has 2 atom stereocenters. The van der Waals surface area contributed by atoms with E-state index in [9.17, 15) is 9.90 Å². The molecule has 0 radical (unpaired) electrons. The van der Waals surface area contributed by atoms with Crippen LogP contribution in [0.3, 0.4) is 0 Å². The summed E-state index contributed by atoms with van der Waals surface area (Å²) in [4.78, 5) is 11.3. The molecular formula is C15H21ClN2O2. The van der Waals surface area contributed by atoms with Crippen LogP contribution in [0, 0.1) is 11.8 Å². The molecule has 0 saturated heterocycles. The monoisotopic (exact) mass is 296 g/mol. The molecule has 110 valence electrons. The Labute approximate surface area is 124 Å². The zero-order chi connectivity index (χ0) is 14.9. The van der Waals surface area contributed by atoms with E-state index in [0.29, 0.717) is 28.2 Å². The Morgan fingerprint density at radius 2 is 1.90 bits per heavy atom. The van der Waals surface area contributed by atoms with Gasteiger partial charge in [0.15, 0.2) is 0 Å². The zero-order valence-electron chi connectivity index (χ0n) is 11.8. The van der Waals surface area contributed by atoms with Crippen molar-refractivity contribution in [3.63, 3.8) is 0 Å². The van der Waals surface area contributed by atoms with Gasteiger partial charge in [0.25, 0.3) is 0 Å². The first-order chi connectivity index (χ1) is 9.36. The Morgan fingerprint density at radius 3 is 2.45 bits per heavy atom. The number of carboxylic acid groups (broad SMARTS) is 1. The lowest BCUT2D eigenvalue weighted by Gasteiger charge is -2.33. The number of halogens is 1. The number of carbonyl (C=O) groups is 1. The molecule has 0 heterocycles. The van der Waals surface area contributed by atoms with Crippen molar-refractivity contribution in [2.75, 3.05) is 11.1 Å². The van der Waals surface area contributed by atoms with Crippen molar-refractivity contribution < 1.29 is 9.90 Å². The third kappa shape index (κ3) is 3.37. The maximum Gasteiger partial charge on any atom is 0.337 e. The maximum atomic E-state index is 11.3. The van der Waals surface area contributed by atoms with E-state index in [2.05, 4.69) is 19.2 Å². The van der Waals surface area contributed by atoms with Crippen LogP contribution in [0.15, 0.2) is 12.1 Å². The largest absolute Gasteiger partial charge is 0.478 e. The molecule has 1 aliphatic carbocycles. The number of carboxylic acids is 1. The van der Waals surface area contributed by atoms with Crippen LogP contribution in [-0.4, -0.2) is 17.1 Å². The fraction of sp³-hybridized carbons (Fsp3) is 0.533. The normalized spacial score (nSPS) is 26.2. The van der Waals surface area contributed by atoms with E-state index < -0.39 is 5.97 Å². The number of benzene rings is 1. The van der Waals surface area contributed by atoms with Gasteiger partial charge in [-0.15, -0.1) is 0 Å². The summed E-state index contributed by atoms with van der Waals surface area (Å²) in [7, 11) is 0. The molecule has 1 aromatic rings. The molecule has 5 heteroatoms. The molecule has 1 aromatic carbocycles. The predicted molar refractivity (Wildman–Crippen MR) is 82.4 cm³/mol. The summed E-state index contributed by atoms with van der Waals surface area (Å²) in [6.07, 6.45) is 3.29. The first-order valence-electron chi connectivity index (χ1n) is 6.95. The second kappa shape index (κ2) is 5.92. The van der Waals surface area contributed by atoms with Gasteiger partial charge in [0, 0.05) is 11.7 Å². The van der Waals surface area contributed by atoms with Crippen molar-refractivity contribution in [3.8, 4) is 0 Å². The molecule has 1 fully saturated rings. The quantitative estimate of drug-likeness (QED) is 0.740. The molecule has 0 spiro atoms. The number of rotatable bonds is 3. The Hall–Kier alpha value is -1.42. The molecule has 20 heavy (non-hydrogen) atoms. The molecule has 0 amide bonds. The summed E-state index contributed by atoms with van der Waals surface area (Å²) in [6.45, 7) is 4.46. The summed E-state index contributed by atoms with van der Waals surface area (Å²) < 4.78 is 0. The highest BCUT2D eigenvalue weighted by Crippen LogP contribution is 2.35. The number of nitrogen functional groups attached to an aromatic ring is 1. The van der Waals surface area contributed by atoms with Crippen LogP contribution in [0.4, 0.5) is 11.4 Å². The zero-order valence-corrected chi connectivity index (χ0v) is 12.6. The predicted octanol–water partition coefficient (Wildman–Crippen LogP) is 3.86. The molecule has 4 nitrogen and oxygen atoms in total. The highest BCUT2D eigenvalue weighted by atomic mass is 35.5. The van der Waals surface area contributed by atoms with E-state index in [1.165, 1.54) is 12.5 Å². The van der Waals surface area contributed by atoms with E-state index in [0.717, 1.165) is 12.8 Å². The maximum absolute atomic E-state index is 11.3. The lowest BCUT2D eigenvalue weighted by atomic mass is 9.80. The van der Waals surface area contributed by atoms with Gasteiger partial charge >= 0.3 is 5.97 Å². The highest BCUT2D eigenvalue weighted by molar-refractivity contribution is 6.34. The van der Waals surface area contributed by atoms with E-state index in [1.54, 1.807) is 6.07 Å². The van der Waals surface area contributed by atoms with Crippen molar-refractivity contribution in [3.05, 3.63) is 22.7 Å². The number of nitrogens with two attached hydrogens (primary N) is 1. The second-order valence-electron chi connectivity index (χ2n) is 5.99. The molecule has 4 N–H and O–H groups in total. The van der Waals surface area contributed by atoms with Gasteiger partial charge in [-0.05, 0) is 43.2 Å². The van der Waals surface area contributed by atoms with Crippen molar-refractivity contribution in [1.82, 2.24) is 0 Å². The summed E-state index contributed by atoms with van der Waals surface area (Å²) in [6, 6.07) is 3.30. The Kier molecular flexibility index (Phi) is 4.43. The number of hydrogen-bond acceptors (Lipinski definition) is 3.